The van der Waals surface area contributed by atoms with Crippen LogP contribution in [0.25, 0.3) is 5.57 Å². The SMILES string of the molecule is CCC1Oc2ncc(CN3CC=C(c4ccc(C(=O)NC)nc4F)CC3)cc2NC1=O. The van der Waals surface area contributed by atoms with Gasteiger partial charge in [-0.2, -0.15) is 4.39 Å². The molecule has 2 aliphatic rings. The molecule has 0 aromatic carbocycles. The molecule has 0 fully saturated rings. The minimum Gasteiger partial charge on any atom is -0.463 e. The second kappa shape index (κ2) is 8.81. The number of nitrogens with zero attached hydrogens (tertiary/aromatic N) is 3. The average Bonchev–Trinajstić information content (AvgIpc) is 2.78. The Bertz CT molecular complexity index is 1060. The van der Waals surface area contributed by atoms with Crippen LogP contribution >= 0.6 is 0 Å². The summed E-state index contributed by atoms with van der Waals surface area (Å²) in [5.41, 5.74) is 2.90. The number of aromatic nitrogens is 2. The van der Waals surface area contributed by atoms with E-state index in [4.69, 9.17) is 4.74 Å². The van der Waals surface area contributed by atoms with Crippen molar-refractivity contribution in [3.63, 3.8) is 0 Å². The molecule has 1 atom stereocenters. The van der Waals surface area contributed by atoms with Crippen molar-refractivity contribution < 1.29 is 18.7 Å². The third-order valence-corrected chi connectivity index (χ3v) is 5.44. The second-order valence-corrected chi connectivity index (χ2v) is 7.53. The normalized spacial score (nSPS) is 18.5. The first-order valence-corrected chi connectivity index (χ1v) is 10.2. The van der Waals surface area contributed by atoms with Crippen LogP contribution in [-0.2, 0) is 11.3 Å². The van der Waals surface area contributed by atoms with Gasteiger partial charge in [0.15, 0.2) is 6.10 Å². The predicted octanol–water partition coefficient (Wildman–Crippen LogP) is 2.37. The first-order chi connectivity index (χ1) is 15.0. The maximum absolute atomic E-state index is 14.4. The molecule has 0 radical (unpaired) electrons. The van der Waals surface area contributed by atoms with Gasteiger partial charge in [0.05, 0.1) is 0 Å². The van der Waals surface area contributed by atoms with Crippen LogP contribution in [-0.4, -0.2) is 52.9 Å². The zero-order chi connectivity index (χ0) is 22.0. The molecule has 2 N–H and O–H groups in total. The minimum absolute atomic E-state index is 0.0584. The Labute approximate surface area is 179 Å². The first kappa shape index (κ1) is 20.9. The van der Waals surface area contributed by atoms with E-state index >= 15 is 0 Å². The van der Waals surface area contributed by atoms with E-state index in [1.165, 1.54) is 13.1 Å². The molecular weight excluding hydrogens is 401 g/mol. The van der Waals surface area contributed by atoms with Crippen molar-refractivity contribution in [1.82, 2.24) is 20.2 Å². The van der Waals surface area contributed by atoms with Crippen LogP contribution in [0.4, 0.5) is 10.1 Å². The molecular formula is C22H24FN5O3. The monoisotopic (exact) mass is 425 g/mol. The summed E-state index contributed by atoms with van der Waals surface area (Å²) in [6.45, 7) is 3.91. The molecule has 162 valence electrons. The van der Waals surface area contributed by atoms with Gasteiger partial charge in [0.1, 0.15) is 11.4 Å². The lowest BCUT2D eigenvalue weighted by atomic mass is 10.00. The molecule has 0 bridgehead atoms. The molecule has 31 heavy (non-hydrogen) atoms. The highest BCUT2D eigenvalue weighted by atomic mass is 19.1. The molecule has 0 aliphatic carbocycles. The number of carbonyl (C=O) groups excluding carboxylic acids is 2. The summed E-state index contributed by atoms with van der Waals surface area (Å²) in [7, 11) is 1.48. The van der Waals surface area contributed by atoms with Crippen LogP contribution < -0.4 is 15.4 Å². The summed E-state index contributed by atoms with van der Waals surface area (Å²) >= 11 is 0. The maximum atomic E-state index is 14.4. The third kappa shape index (κ3) is 4.41. The number of hydrogen-bond acceptors (Lipinski definition) is 6. The van der Waals surface area contributed by atoms with Crippen LogP contribution in [0.3, 0.4) is 0 Å². The number of halogens is 1. The van der Waals surface area contributed by atoms with Gasteiger partial charge < -0.3 is 15.4 Å². The molecule has 9 heteroatoms. The van der Waals surface area contributed by atoms with Crippen LogP contribution in [0.15, 0.2) is 30.5 Å². The Morgan fingerprint density at radius 1 is 1.42 bits per heavy atom. The average molecular weight is 425 g/mol. The maximum Gasteiger partial charge on any atom is 0.269 e. The highest BCUT2D eigenvalue weighted by Gasteiger charge is 2.27. The standard InChI is InChI=1S/C22H24FN5O3/c1-3-18-21(30)27-17-10-13(11-25-22(17)31-18)12-28-8-6-14(7-9-28)15-4-5-16(20(29)24-2)26-19(15)23/h4-6,10-11,18H,3,7-9,12H2,1-2H3,(H,24,29)(H,27,30). The van der Waals surface area contributed by atoms with Gasteiger partial charge in [-0.25, -0.2) is 9.97 Å². The summed E-state index contributed by atoms with van der Waals surface area (Å²) < 4.78 is 20.1. The number of pyridine rings is 2. The second-order valence-electron chi connectivity index (χ2n) is 7.53. The molecule has 2 aromatic heterocycles. The van der Waals surface area contributed by atoms with Gasteiger partial charge in [-0.15, -0.1) is 0 Å². The topological polar surface area (TPSA) is 96.4 Å². The van der Waals surface area contributed by atoms with E-state index in [-0.39, 0.29) is 11.6 Å². The molecule has 0 saturated heterocycles. The fraction of sp³-hybridized carbons (Fsp3) is 0.364. The van der Waals surface area contributed by atoms with Crippen molar-refractivity contribution >= 4 is 23.1 Å². The minimum atomic E-state index is -0.638. The molecule has 0 spiro atoms. The predicted molar refractivity (Wildman–Crippen MR) is 113 cm³/mol. The summed E-state index contributed by atoms with van der Waals surface area (Å²) in [6, 6.07) is 5.02. The Hall–Kier alpha value is -3.33. The summed E-state index contributed by atoms with van der Waals surface area (Å²) in [6.07, 6.45) is 4.47. The van der Waals surface area contributed by atoms with Crippen LogP contribution in [0, 0.1) is 5.95 Å². The third-order valence-electron chi connectivity index (χ3n) is 5.44. The smallest absolute Gasteiger partial charge is 0.269 e. The number of nitrogens with one attached hydrogen (secondary N) is 2. The van der Waals surface area contributed by atoms with Gasteiger partial charge in [0, 0.05) is 38.4 Å². The molecule has 4 rings (SSSR count). The van der Waals surface area contributed by atoms with E-state index in [0.29, 0.717) is 43.1 Å². The van der Waals surface area contributed by atoms with Gasteiger partial charge in [0.25, 0.3) is 11.8 Å². The first-order valence-electron chi connectivity index (χ1n) is 10.2. The number of rotatable bonds is 5. The molecule has 1 unspecified atom stereocenters. The van der Waals surface area contributed by atoms with E-state index in [2.05, 4.69) is 25.5 Å². The summed E-state index contributed by atoms with van der Waals surface area (Å²) in [4.78, 5) is 34.0. The number of hydrogen-bond donors (Lipinski definition) is 2. The van der Waals surface area contributed by atoms with Gasteiger partial charge in [-0.3, -0.25) is 14.5 Å². The van der Waals surface area contributed by atoms with Crippen molar-refractivity contribution in [3.8, 4) is 5.88 Å². The molecule has 2 aliphatic heterocycles. The number of fused-ring (bicyclic) bond motifs is 1. The Kier molecular flexibility index (Phi) is 5.94. The molecule has 4 heterocycles. The number of ether oxygens (including phenoxy) is 1. The number of anilines is 1. The van der Waals surface area contributed by atoms with E-state index in [1.807, 2.05) is 19.1 Å². The summed E-state index contributed by atoms with van der Waals surface area (Å²) in [5, 5.41) is 5.29. The van der Waals surface area contributed by atoms with Gasteiger partial charge in [-0.1, -0.05) is 13.0 Å². The van der Waals surface area contributed by atoms with Crippen LogP contribution in [0.2, 0.25) is 0 Å². The Morgan fingerprint density at radius 3 is 2.94 bits per heavy atom. The number of carbonyl (C=O) groups is 2. The fourth-order valence-corrected chi connectivity index (χ4v) is 3.72. The molecule has 8 nitrogen and oxygen atoms in total. The lowest BCUT2D eigenvalue weighted by Gasteiger charge is -2.28. The van der Waals surface area contributed by atoms with Crippen LogP contribution in [0.5, 0.6) is 5.88 Å². The van der Waals surface area contributed by atoms with Crippen LogP contribution in [0.1, 0.15) is 41.4 Å². The van der Waals surface area contributed by atoms with E-state index < -0.39 is 18.0 Å². The molecule has 0 saturated carbocycles. The molecule has 2 aromatic rings. The zero-order valence-electron chi connectivity index (χ0n) is 17.4. The van der Waals surface area contributed by atoms with Crippen molar-refractivity contribution in [2.75, 3.05) is 25.5 Å². The number of amides is 2. The van der Waals surface area contributed by atoms with E-state index in [9.17, 15) is 14.0 Å². The zero-order valence-corrected chi connectivity index (χ0v) is 17.4. The van der Waals surface area contributed by atoms with Gasteiger partial charge in [0.2, 0.25) is 11.8 Å². The Morgan fingerprint density at radius 2 is 2.26 bits per heavy atom. The lowest BCUT2D eigenvalue weighted by Crippen LogP contribution is -2.37. The van der Waals surface area contributed by atoms with Crippen molar-refractivity contribution in [2.45, 2.75) is 32.4 Å². The van der Waals surface area contributed by atoms with Crippen molar-refractivity contribution in [3.05, 3.63) is 53.2 Å². The lowest BCUT2D eigenvalue weighted by molar-refractivity contribution is -0.123. The Balaban J connectivity index is 1.42. The summed E-state index contributed by atoms with van der Waals surface area (Å²) in [5.74, 6) is -0.766. The van der Waals surface area contributed by atoms with Gasteiger partial charge >= 0.3 is 0 Å². The van der Waals surface area contributed by atoms with Crippen molar-refractivity contribution in [2.24, 2.45) is 0 Å². The van der Waals surface area contributed by atoms with E-state index in [0.717, 1.165) is 17.7 Å². The van der Waals surface area contributed by atoms with E-state index in [1.54, 1.807) is 12.3 Å². The highest BCUT2D eigenvalue weighted by molar-refractivity contribution is 5.97. The highest BCUT2D eigenvalue weighted by Crippen LogP contribution is 2.30. The molecule has 2 amide bonds. The van der Waals surface area contributed by atoms with Crippen molar-refractivity contribution in [1.29, 1.82) is 0 Å². The largest absolute Gasteiger partial charge is 0.463 e. The van der Waals surface area contributed by atoms with Gasteiger partial charge in [-0.05, 0) is 42.2 Å². The fourth-order valence-electron chi connectivity index (χ4n) is 3.72. The quantitative estimate of drug-likeness (QED) is 0.714.